The molecule has 6 nitrogen and oxygen atoms in total. The van der Waals surface area contributed by atoms with E-state index in [9.17, 15) is 9.59 Å². The van der Waals surface area contributed by atoms with Crippen molar-refractivity contribution in [2.75, 3.05) is 13.7 Å². The van der Waals surface area contributed by atoms with Gasteiger partial charge in [-0.25, -0.2) is 0 Å². The fourth-order valence-electron chi connectivity index (χ4n) is 1.99. The molecule has 0 saturated carbocycles. The minimum absolute atomic E-state index is 0.274. The van der Waals surface area contributed by atoms with Crippen molar-refractivity contribution in [1.29, 1.82) is 0 Å². The van der Waals surface area contributed by atoms with Gasteiger partial charge in [0.25, 0.3) is 0 Å². The lowest BCUT2D eigenvalue weighted by Gasteiger charge is -2.07. The van der Waals surface area contributed by atoms with E-state index in [1.165, 1.54) is 0 Å². The van der Waals surface area contributed by atoms with Crippen molar-refractivity contribution in [3.05, 3.63) is 59.9 Å². The minimum atomic E-state index is -0.653. The zero-order valence-electron chi connectivity index (χ0n) is 12.9. The van der Waals surface area contributed by atoms with Gasteiger partial charge in [-0.2, -0.15) is 0 Å². The van der Waals surface area contributed by atoms with Gasteiger partial charge in [-0.05, 0) is 35.7 Å². The van der Waals surface area contributed by atoms with Crippen LogP contribution in [0.5, 0.6) is 5.75 Å². The molecule has 0 aliphatic carbocycles. The van der Waals surface area contributed by atoms with Crippen LogP contribution in [0.25, 0.3) is 0 Å². The Bertz CT molecular complexity index is 659. The zero-order valence-corrected chi connectivity index (χ0v) is 12.9. The van der Waals surface area contributed by atoms with Gasteiger partial charge in [0, 0.05) is 25.5 Å². The van der Waals surface area contributed by atoms with Crippen molar-refractivity contribution in [2.24, 2.45) is 0 Å². The fourth-order valence-corrected chi connectivity index (χ4v) is 1.99. The van der Waals surface area contributed by atoms with E-state index in [0.717, 1.165) is 16.9 Å². The van der Waals surface area contributed by atoms with E-state index in [1.807, 2.05) is 30.3 Å². The summed E-state index contributed by atoms with van der Waals surface area (Å²) in [7, 11) is 1.60. The zero-order chi connectivity index (χ0) is 16.5. The molecule has 0 aliphatic heterocycles. The van der Waals surface area contributed by atoms with Crippen LogP contribution in [0.15, 0.2) is 48.8 Å². The number of methoxy groups -OCH3 is 1. The summed E-state index contributed by atoms with van der Waals surface area (Å²) >= 11 is 0. The predicted molar refractivity (Wildman–Crippen MR) is 85.8 cm³/mol. The maximum Gasteiger partial charge on any atom is 0.309 e. The van der Waals surface area contributed by atoms with Crippen molar-refractivity contribution in [3.8, 4) is 5.75 Å². The largest absolute Gasteiger partial charge is 0.497 e. The van der Waals surface area contributed by atoms with Gasteiger partial charge in [0.2, 0.25) is 0 Å². The number of carbonyl (C=O) groups excluding carboxylic acids is 2. The van der Waals surface area contributed by atoms with Gasteiger partial charge in [-0.1, -0.05) is 18.2 Å². The van der Waals surface area contributed by atoms with Crippen LogP contribution in [0, 0.1) is 0 Å². The average Bonchev–Trinajstić information content (AvgIpc) is 2.60. The lowest BCUT2D eigenvalue weighted by atomic mass is 10.1. The van der Waals surface area contributed by atoms with Gasteiger partial charge in [-0.15, -0.1) is 0 Å². The van der Waals surface area contributed by atoms with Crippen LogP contribution in [0.1, 0.15) is 11.1 Å². The molecule has 0 atom stereocenters. The van der Waals surface area contributed by atoms with Crippen molar-refractivity contribution in [2.45, 2.75) is 13.0 Å². The van der Waals surface area contributed by atoms with E-state index in [1.54, 1.807) is 25.6 Å². The molecule has 1 aromatic carbocycles. The Balaban J connectivity index is 1.72. The Morgan fingerprint density at radius 3 is 2.61 bits per heavy atom. The van der Waals surface area contributed by atoms with Gasteiger partial charge in [0.05, 0.1) is 7.11 Å². The number of carbonyl (C=O) groups is 2. The lowest BCUT2D eigenvalue weighted by molar-refractivity contribution is -0.139. The van der Waals surface area contributed by atoms with Gasteiger partial charge in [0.1, 0.15) is 5.75 Å². The number of hydrogen-bond acceptors (Lipinski definition) is 4. The first-order chi connectivity index (χ1) is 11.2. The highest BCUT2D eigenvalue weighted by molar-refractivity contribution is 6.35. The maximum absolute atomic E-state index is 11.7. The molecule has 1 heterocycles. The molecule has 0 bridgehead atoms. The molecular weight excluding hydrogens is 294 g/mol. The Morgan fingerprint density at radius 1 is 1.09 bits per heavy atom. The first-order valence-electron chi connectivity index (χ1n) is 7.27. The summed E-state index contributed by atoms with van der Waals surface area (Å²) < 4.78 is 5.14. The second-order valence-electron chi connectivity index (χ2n) is 4.90. The second kappa shape index (κ2) is 8.53. The van der Waals surface area contributed by atoms with Crippen LogP contribution in [-0.2, 0) is 22.6 Å². The standard InChI is InChI=1S/C17H19N3O3/c1-23-15-6-2-4-13(10-15)7-9-19-16(21)17(22)20-12-14-5-3-8-18-11-14/h2-6,8,10-11H,7,9,12H2,1H3,(H,19,21)(H,20,22). The highest BCUT2D eigenvalue weighted by Gasteiger charge is 2.12. The van der Waals surface area contributed by atoms with Crippen molar-refractivity contribution >= 4 is 11.8 Å². The van der Waals surface area contributed by atoms with Gasteiger partial charge < -0.3 is 15.4 Å². The summed E-state index contributed by atoms with van der Waals surface area (Å²) in [6.45, 7) is 0.655. The van der Waals surface area contributed by atoms with Gasteiger partial charge in [-0.3, -0.25) is 14.6 Å². The molecule has 23 heavy (non-hydrogen) atoms. The number of rotatable bonds is 6. The summed E-state index contributed by atoms with van der Waals surface area (Å²) in [6, 6.07) is 11.2. The molecule has 1 aromatic heterocycles. The van der Waals surface area contributed by atoms with E-state index in [0.29, 0.717) is 13.0 Å². The highest BCUT2D eigenvalue weighted by atomic mass is 16.5. The number of nitrogens with zero attached hydrogens (tertiary/aromatic N) is 1. The molecule has 0 saturated heterocycles. The van der Waals surface area contributed by atoms with E-state index < -0.39 is 11.8 Å². The number of nitrogens with one attached hydrogen (secondary N) is 2. The Labute approximate surface area is 134 Å². The summed E-state index contributed by atoms with van der Waals surface area (Å²) in [5.41, 5.74) is 1.87. The first kappa shape index (κ1) is 16.5. The van der Waals surface area contributed by atoms with Crippen LogP contribution in [0.3, 0.4) is 0 Å². The average molecular weight is 313 g/mol. The number of amides is 2. The first-order valence-corrected chi connectivity index (χ1v) is 7.27. The molecule has 0 radical (unpaired) electrons. The number of hydrogen-bond donors (Lipinski definition) is 2. The molecular formula is C17H19N3O3. The normalized spacial score (nSPS) is 9.96. The molecule has 2 aromatic rings. The van der Waals surface area contributed by atoms with Crippen LogP contribution in [0.2, 0.25) is 0 Å². The van der Waals surface area contributed by atoms with Crippen LogP contribution in [-0.4, -0.2) is 30.5 Å². The summed E-state index contributed by atoms with van der Waals surface area (Å²) in [6.07, 6.45) is 3.91. The number of benzene rings is 1. The predicted octanol–water partition coefficient (Wildman–Crippen LogP) is 1.07. The maximum atomic E-state index is 11.7. The molecule has 0 unspecified atom stereocenters. The third kappa shape index (κ3) is 5.43. The summed E-state index contributed by atoms with van der Waals surface area (Å²) in [5.74, 6) is -0.528. The molecule has 2 rings (SSSR count). The van der Waals surface area contributed by atoms with Crippen molar-refractivity contribution < 1.29 is 14.3 Å². The summed E-state index contributed by atoms with van der Waals surface area (Å²) in [5, 5.41) is 5.15. The Morgan fingerprint density at radius 2 is 1.87 bits per heavy atom. The topological polar surface area (TPSA) is 80.3 Å². The number of aromatic nitrogens is 1. The van der Waals surface area contributed by atoms with Crippen LogP contribution in [0.4, 0.5) is 0 Å². The molecule has 120 valence electrons. The van der Waals surface area contributed by atoms with Crippen LogP contribution >= 0.6 is 0 Å². The highest BCUT2D eigenvalue weighted by Crippen LogP contribution is 2.12. The van der Waals surface area contributed by atoms with E-state index in [-0.39, 0.29) is 6.54 Å². The van der Waals surface area contributed by atoms with E-state index in [2.05, 4.69) is 15.6 Å². The third-order valence-electron chi connectivity index (χ3n) is 3.22. The molecule has 0 fully saturated rings. The molecule has 0 aliphatic rings. The number of pyridine rings is 1. The third-order valence-corrected chi connectivity index (χ3v) is 3.22. The lowest BCUT2D eigenvalue weighted by Crippen LogP contribution is -2.40. The van der Waals surface area contributed by atoms with Gasteiger partial charge >= 0.3 is 11.8 Å². The molecule has 6 heteroatoms. The monoisotopic (exact) mass is 313 g/mol. The summed E-state index contributed by atoms with van der Waals surface area (Å²) in [4.78, 5) is 27.4. The number of ether oxygens (including phenoxy) is 1. The molecule has 0 spiro atoms. The quantitative estimate of drug-likeness (QED) is 0.782. The Kier molecular flexibility index (Phi) is 6.11. The Hall–Kier alpha value is -2.89. The van der Waals surface area contributed by atoms with Crippen molar-refractivity contribution in [3.63, 3.8) is 0 Å². The molecule has 2 amide bonds. The van der Waals surface area contributed by atoms with Gasteiger partial charge in [0.15, 0.2) is 0 Å². The van der Waals surface area contributed by atoms with Crippen molar-refractivity contribution in [1.82, 2.24) is 15.6 Å². The fraction of sp³-hybridized carbons (Fsp3) is 0.235. The van der Waals surface area contributed by atoms with E-state index >= 15 is 0 Å². The SMILES string of the molecule is COc1cccc(CCNC(=O)C(=O)NCc2cccnc2)c1. The second-order valence-corrected chi connectivity index (χ2v) is 4.90. The smallest absolute Gasteiger partial charge is 0.309 e. The minimum Gasteiger partial charge on any atom is -0.497 e. The van der Waals surface area contributed by atoms with Crippen LogP contribution < -0.4 is 15.4 Å². The van der Waals surface area contributed by atoms with E-state index in [4.69, 9.17) is 4.74 Å². The molecule has 2 N–H and O–H groups in total.